The minimum Gasteiger partial charge on any atom is -0.501 e. The standard InChI is InChI=1S/C20H20ClFN4O4/c1-2-30-10-15(18(27)11-3-4-11)19(28)13-7-8-16(21)14(17(13)22)9-25-20(29)26(24-23-25)12-5-6-12/h7-8,10-12H,2-6,9H2,1H3/b15-10-. The summed E-state index contributed by atoms with van der Waals surface area (Å²) in [5.74, 6) is -2.25. The highest BCUT2D eigenvalue weighted by Crippen LogP contribution is 2.34. The first kappa shape index (κ1) is 20.5. The Morgan fingerprint density at radius 2 is 2.00 bits per heavy atom. The number of hydrogen-bond acceptors (Lipinski definition) is 6. The number of ether oxygens (including phenoxy) is 1. The van der Waals surface area contributed by atoms with E-state index >= 15 is 4.39 Å². The Labute approximate surface area is 176 Å². The van der Waals surface area contributed by atoms with Crippen LogP contribution in [0.5, 0.6) is 0 Å². The van der Waals surface area contributed by atoms with Crippen molar-refractivity contribution in [2.24, 2.45) is 5.92 Å². The van der Waals surface area contributed by atoms with Gasteiger partial charge in [-0.2, -0.15) is 9.36 Å². The van der Waals surface area contributed by atoms with Gasteiger partial charge < -0.3 is 4.74 Å². The largest absolute Gasteiger partial charge is 0.501 e. The fraction of sp³-hybridized carbons (Fsp3) is 0.450. The molecule has 2 fully saturated rings. The number of Topliss-reactive ketones (excluding diaryl/α,β-unsaturated/α-hetero) is 2. The van der Waals surface area contributed by atoms with Crippen LogP contribution in [0.25, 0.3) is 0 Å². The molecular weight excluding hydrogens is 415 g/mol. The average molecular weight is 435 g/mol. The highest BCUT2D eigenvalue weighted by Gasteiger charge is 2.36. The van der Waals surface area contributed by atoms with Gasteiger partial charge in [-0.1, -0.05) is 11.6 Å². The van der Waals surface area contributed by atoms with E-state index in [4.69, 9.17) is 16.3 Å². The van der Waals surface area contributed by atoms with E-state index in [0.29, 0.717) is 12.8 Å². The first-order chi connectivity index (χ1) is 14.4. The van der Waals surface area contributed by atoms with Crippen LogP contribution in [-0.4, -0.2) is 38.0 Å². The van der Waals surface area contributed by atoms with E-state index in [1.807, 2.05) is 0 Å². The summed E-state index contributed by atoms with van der Waals surface area (Å²) in [5, 5.41) is 7.64. The van der Waals surface area contributed by atoms with Crippen molar-refractivity contribution in [2.75, 3.05) is 6.61 Å². The summed E-state index contributed by atoms with van der Waals surface area (Å²) in [6.07, 6.45) is 4.19. The molecule has 10 heteroatoms. The van der Waals surface area contributed by atoms with Gasteiger partial charge in [0.2, 0.25) is 5.78 Å². The maximum Gasteiger partial charge on any atom is 0.364 e. The maximum absolute atomic E-state index is 15.3. The molecule has 1 heterocycles. The molecule has 30 heavy (non-hydrogen) atoms. The van der Waals surface area contributed by atoms with Crippen LogP contribution < -0.4 is 5.69 Å². The molecule has 0 N–H and O–H groups in total. The molecule has 2 aliphatic carbocycles. The summed E-state index contributed by atoms with van der Waals surface area (Å²) in [4.78, 5) is 37.9. The predicted molar refractivity (Wildman–Crippen MR) is 105 cm³/mol. The molecule has 0 unspecified atom stereocenters. The third kappa shape index (κ3) is 3.94. The molecule has 158 valence electrons. The Bertz CT molecular complexity index is 1100. The lowest BCUT2D eigenvalue weighted by Gasteiger charge is -2.11. The van der Waals surface area contributed by atoms with E-state index in [2.05, 4.69) is 10.4 Å². The van der Waals surface area contributed by atoms with Gasteiger partial charge in [0.25, 0.3) is 0 Å². The number of tetrazole rings is 1. The minimum atomic E-state index is -0.897. The topological polar surface area (TPSA) is 96.1 Å². The van der Waals surface area contributed by atoms with Gasteiger partial charge in [0.1, 0.15) is 11.4 Å². The molecule has 0 amide bonds. The Kier molecular flexibility index (Phi) is 5.55. The molecule has 1 aromatic heterocycles. The van der Waals surface area contributed by atoms with E-state index in [1.54, 1.807) is 6.92 Å². The molecule has 2 aliphatic rings. The fourth-order valence-corrected chi connectivity index (χ4v) is 3.31. The van der Waals surface area contributed by atoms with E-state index in [0.717, 1.165) is 23.8 Å². The van der Waals surface area contributed by atoms with Crippen LogP contribution in [0.4, 0.5) is 4.39 Å². The Morgan fingerprint density at radius 3 is 2.63 bits per heavy atom. The van der Waals surface area contributed by atoms with Crippen LogP contribution in [-0.2, 0) is 16.1 Å². The van der Waals surface area contributed by atoms with E-state index < -0.39 is 17.3 Å². The van der Waals surface area contributed by atoms with Gasteiger partial charge in [-0.25, -0.2) is 9.18 Å². The third-order valence-corrected chi connectivity index (χ3v) is 5.47. The molecule has 2 aromatic rings. The normalized spacial score (nSPS) is 16.6. The quantitative estimate of drug-likeness (QED) is 0.198. The average Bonchev–Trinajstić information content (AvgIpc) is 3.64. The number of ketones is 2. The lowest BCUT2D eigenvalue weighted by Crippen LogP contribution is -2.26. The van der Waals surface area contributed by atoms with Crippen molar-refractivity contribution < 1.29 is 18.7 Å². The summed E-state index contributed by atoms with van der Waals surface area (Å²) in [5.41, 5.74) is -1.03. The van der Waals surface area contributed by atoms with Crippen LogP contribution in [0.3, 0.4) is 0 Å². The zero-order valence-corrected chi connectivity index (χ0v) is 17.1. The van der Waals surface area contributed by atoms with Gasteiger partial charge >= 0.3 is 5.69 Å². The van der Waals surface area contributed by atoms with Crippen LogP contribution in [0.1, 0.15) is 54.6 Å². The molecule has 0 saturated heterocycles. The van der Waals surface area contributed by atoms with Crippen LogP contribution in [0, 0.1) is 11.7 Å². The van der Waals surface area contributed by atoms with Crippen LogP contribution in [0.2, 0.25) is 5.02 Å². The van der Waals surface area contributed by atoms with Gasteiger partial charge in [-0.15, -0.1) is 0 Å². The van der Waals surface area contributed by atoms with Gasteiger partial charge in [-0.05, 0) is 55.2 Å². The van der Waals surface area contributed by atoms with Crippen molar-refractivity contribution in [1.29, 1.82) is 0 Å². The van der Waals surface area contributed by atoms with Crippen LogP contribution >= 0.6 is 11.6 Å². The number of aromatic nitrogens is 4. The molecule has 0 spiro atoms. The van der Waals surface area contributed by atoms with E-state index in [-0.39, 0.29) is 52.6 Å². The predicted octanol–water partition coefficient (Wildman–Crippen LogP) is 2.70. The van der Waals surface area contributed by atoms with Crippen molar-refractivity contribution in [3.8, 4) is 0 Å². The van der Waals surface area contributed by atoms with Crippen LogP contribution in [0.15, 0.2) is 28.8 Å². The summed E-state index contributed by atoms with van der Waals surface area (Å²) in [6, 6.07) is 2.62. The number of rotatable bonds is 9. The first-order valence-electron chi connectivity index (χ1n) is 9.82. The summed E-state index contributed by atoms with van der Waals surface area (Å²) in [7, 11) is 0. The second-order valence-electron chi connectivity index (χ2n) is 7.44. The van der Waals surface area contributed by atoms with Crippen molar-refractivity contribution in [1.82, 2.24) is 19.8 Å². The van der Waals surface area contributed by atoms with E-state index in [1.165, 1.54) is 16.8 Å². The second-order valence-corrected chi connectivity index (χ2v) is 7.84. The smallest absolute Gasteiger partial charge is 0.364 e. The number of carbonyl (C=O) groups excluding carboxylic acids is 2. The molecule has 2 saturated carbocycles. The molecule has 0 radical (unpaired) electrons. The van der Waals surface area contributed by atoms with Crippen molar-refractivity contribution in [3.63, 3.8) is 0 Å². The summed E-state index contributed by atoms with van der Waals surface area (Å²) >= 11 is 6.15. The zero-order chi connectivity index (χ0) is 21.4. The number of carbonyl (C=O) groups is 2. The molecule has 8 nitrogen and oxygen atoms in total. The van der Waals surface area contributed by atoms with Crippen molar-refractivity contribution >= 4 is 23.2 Å². The van der Waals surface area contributed by atoms with Gasteiger partial charge in [0.05, 0.1) is 31.0 Å². The first-order valence-corrected chi connectivity index (χ1v) is 10.2. The number of benzene rings is 1. The van der Waals surface area contributed by atoms with Gasteiger partial charge in [-0.3, -0.25) is 9.59 Å². The summed E-state index contributed by atoms with van der Waals surface area (Å²) in [6.45, 7) is 1.70. The Hall–Kier alpha value is -2.81. The lowest BCUT2D eigenvalue weighted by molar-refractivity contribution is -0.116. The molecule has 4 rings (SSSR count). The lowest BCUT2D eigenvalue weighted by atomic mass is 9.96. The highest BCUT2D eigenvalue weighted by molar-refractivity contribution is 6.32. The Balaban J connectivity index is 1.67. The molecule has 0 bridgehead atoms. The number of allylic oxidation sites excluding steroid dienone is 1. The summed E-state index contributed by atoms with van der Waals surface area (Å²) < 4.78 is 22.7. The SMILES string of the molecule is CCO/C=C(\C(=O)c1ccc(Cl)c(Cn2nnn(C3CC3)c2=O)c1F)C(=O)C1CC1. The number of nitrogens with zero attached hydrogens (tertiary/aromatic N) is 4. The molecule has 1 aromatic carbocycles. The van der Waals surface area contributed by atoms with Crippen molar-refractivity contribution in [3.05, 3.63) is 56.4 Å². The van der Waals surface area contributed by atoms with E-state index in [9.17, 15) is 14.4 Å². The third-order valence-electron chi connectivity index (χ3n) is 5.12. The molecule has 0 aliphatic heterocycles. The number of hydrogen-bond donors (Lipinski definition) is 0. The minimum absolute atomic E-state index is 0.0270. The maximum atomic E-state index is 15.3. The van der Waals surface area contributed by atoms with Gasteiger partial charge in [0, 0.05) is 16.5 Å². The number of halogens is 2. The zero-order valence-electron chi connectivity index (χ0n) is 16.3. The van der Waals surface area contributed by atoms with Gasteiger partial charge in [0.15, 0.2) is 5.78 Å². The molecule has 0 atom stereocenters. The molecular formula is C20H20ClFN4O4. The second kappa shape index (κ2) is 8.14. The fourth-order valence-electron chi connectivity index (χ4n) is 3.10. The van der Waals surface area contributed by atoms with Crippen molar-refractivity contribution in [2.45, 2.75) is 45.2 Å². The Morgan fingerprint density at radius 1 is 1.27 bits per heavy atom. The monoisotopic (exact) mass is 434 g/mol. The highest BCUT2D eigenvalue weighted by atomic mass is 35.5.